The Balaban J connectivity index is 2.03. The molecule has 0 aromatic rings. The molecule has 2 rings (SSSR count). The lowest BCUT2D eigenvalue weighted by atomic mass is 9.85. The lowest BCUT2D eigenvalue weighted by molar-refractivity contribution is 0.0446. The van der Waals surface area contributed by atoms with Crippen molar-refractivity contribution in [1.82, 2.24) is 15.1 Å². The van der Waals surface area contributed by atoms with E-state index in [1.165, 1.54) is 0 Å². The second kappa shape index (κ2) is 4.46. The summed E-state index contributed by atoms with van der Waals surface area (Å²) in [5, 5.41) is 2.91. The van der Waals surface area contributed by atoms with E-state index in [2.05, 4.69) is 31.0 Å². The third-order valence-corrected chi connectivity index (χ3v) is 3.93. The second-order valence-corrected chi connectivity index (χ2v) is 6.15. The molecule has 0 aromatic carbocycles. The molecule has 0 spiro atoms. The van der Waals surface area contributed by atoms with Crippen molar-refractivity contribution in [3.63, 3.8) is 0 Å². The molecule has 98 valence electrons. The molecule has 2 amide bonds. The average molecular weight is 240 g/mol. The molecule has 2 fully saturated rings. The fourth-order valence-corrected chi connectivity index (χ4v) is 2.96. The van der Waals surface area contributed by atoms with E-state index in [1.807, 2.05) is 4.90 Å². The topological polar surface area (TPSA) is 61.6 Å². The smallest absolute Gasteiger partial charge is 0.317 e. The Bertz CT molecular complexity index is 299. The van der Waals surface area contributed by atoms with E-state index in [0.717, 1.165) is 26.2 Å². The van der Waals surface area contributed by atoms with E-state index in [-0.39, 0.29) is 11.4 Å². The van der Waals surface area contributed by atoms with Gasteiger partial charge in [0, 0.05) is 38.8 Å². The number of nitrogens with two attached hydrogens (primary N) is 1. The van der Waals surface area contributed by atoms with Crippen LogP contribution in [0.5, 0.6) is 0 Å². The summed E-state index contributed by atoms with van der Waals surface area (Å²) in [6.45, 7) is 10.8. The SMILES string of the molecule is CC(C)(C)C(CN)N1CCN2C(=O)NCC2C1. The molecule has 2 aliphatic heterocycles. The van der Waals surface area contributed by atoms with E-state index in [9.17, 15) is 4.79 Å². The molecule has 0 aromatic heterocycles. The third kappa shape index (κ3) is 2.40. The molecule has 2 aliphatic rings. The molecule has 2 heterocycles. The predicted octanol–water partition coefficient (Wildman–Crippen LogP) is 0.0692. The number of hydrogen-bond acceptors (Lipinski definition) is 3. The molecule has 2 atom stereocenters. The van der Waals surface area contributed by atoms with Gasteiger partial charge in [0.25, 0.3) is 0 Å². The molecule has 3 N–H and O–H groups in total. The van der Waals surface area contributed by atoms with Crippen LogP contribution < -0.4 is 11.1 Å². The summed E-state index contributed by atoms with van der Waals surface area (Å²) < 4.78 is 0. The first-order valence-corrected chi connectivity index (χ1v) is 6.42. The van der Waals surface area contributed by atoms with Gasteiger partial charge in [0.05, 0.1) is 6.04 Å². The Morgan fingerprint density at radius 2 is 2.18 bits per heavy atom. The van der Waals surface area contributed by atoms with Crippen LogP contribution in [-0.2, 0) is 0 Å². The number of hydrogen-bond donors (Lipinski definition) is 2. The van der Waals surface area contributed by atoms with Crippen molar-refractivity contribution >= 4 is 6.03 Å². The zero-order chi connectivity index (χ0) is 12.6. The van der Waals surface area contributed by atoms with E-state index in [0.29, 0.717) is 18.6 Å². The molecular weight excluding hydrogens is 216 g/mol. The number of carbonyl (C=O) groups is 1. The first-order chi connectivity index (χ1) is 7.93. The number of fused-ring (bicyclic) bond motifs is 1. The Hall–Kier alpha value is -0.810. The number of nitrogens with one attached hydrogen (secondary N) is 1. The zero-order valence-corrected chi connectivity index (χ0v) is 11.1. The van der Waals surface area contributed by atoms with Crippen LogP contribution in [0.4, 0.5) is 4.79 Å². The Morgan fingerprint density at radius 1 is 1.47 bits per heavy atom. The molecule has 2 saturated heterocycles. The highest BCUT2D eigenvalue weighted by Gasteiger charge is 2.39. The predicted molar refractivity (Wildman–Crippen MR) is 67.8 cm³/mol. The first-order valence-electron chi connectivity index (χ1n) is 6.42. The van der Waals surface area contributed by atoms with Crippen LogP contribution in [-0.4, -0.2) is 60.6 Å². The van der Waals surface area contributed by atoms with Gasteiger partial charge in [-0.05, 0) is 5.41 Å². The van der Waals surface area contributed by atoms with Gasteiger partial charge in [0.2, 0.25) is 0 Å². The van der Waals surface area contributed by atoms with Gasteiger partial charge < -0.3 is 16.0 Å². The minimum atomic E-state index is 0.0923. The highest BCUT2D eigenvalue weighted by atomic mass is 16.2. The summed E-state index contributed by atoms with van der Waals surface area (Å²) in [6.07, 6.45) is 0. The van der Waals surface area contributed by atoms with E-state index in [1.54, 1.807) is 0 Å². The molecule has 2 unspecified atom stereocenters. The normalized spacial score (nSPS) is 27.9. The van der Waals surface area contributed by atoms with Crippen molar-refractivity contribution < 1.29 is 4.79 Å². The minimum Gasteiger partial charge on any atom is -0.336 e. The van der Waals surface area contributed by atoms with E-state index in [4.69, 9.17) is 5.73 Å². The summed E-state index contributed by atoms with van der Waals surface area (Å²) in [7, 11) is 0. The Kier molecular flexibility index (Phi) is 3.32. The monoisotopic (exact) mass is 240 g/mol. The van der Waals surface area contributed by atoms with Gasteiger partial charge in [-0.3, -0.25) is 4.90 Å². The van der Waals surface area contributed by atoms with Gasteiger partial charge in [-0.1, -0.05) is 20.8 Å². The number of carbonyl (C=O) groups excluding carboxylic acids is 1. The van der Waals surface area contributed by atoms with Gasteiger partial charge in [-0.2, -0.15) is 0 Å². The fourth-order valence-electron chi connectivity index (χ4n) is 2.96. The molecule has 0 saturated carbocycles. The van der Waals surface area contributed by atoms with Gasteiger partial charge in [-0.25, -0.2) is 4.79 Å². The Labute approximate surface area is 103 Å². The maximum atomic E-state index is 11.5. The third-order valence-electron chi connectivity index (χ3n) is 3.93. The highest BCUT2D eigenvalue weighted by molar-refractivity contribution is 5.77. The Morgan fingerprint density at radius 3 is 2.76 bits per heavy atom. The van der Waals surface area contributed by atoms with E-state index >= 15 is 0 Å². The maximum Gasteiger partial charge on any atom is 0.317 e. The molecule has 17 heavy (non-hydrogen) atoms. The van der Waals surface area contributed by atoms with Crippen LogP contribution in [0, 0.1) is 5.41 Å². The lowest BCUT2D eigenvalue weighted by Gasteiger charge is -2.45. The first kappa shape index (κ1) is 12.6. The van der Waals surface area contributed by atoms with Crippen molar-refractivity contribution in [3.05, 3.63) is 0 Å². The van der Waals surface area contributed by atoms with Crippen LogP contribution in [0.15, 0.2) is 0 Å². The van der Waals surface area contributed by atoms with Crippen LogP contribution in [0.2, 0.25) is 0 Å². The highest BCUT2D eigenvalue weighted by Crippen LogP contribution is 2.26. The van der Waals surface area contributed by atoms with Crippen molar-refractivity contribution in [2.24, 2.45) is 11.1 Å². The van der Waals surface area contributed by atoms with Crippen molar-refractivity contribution in [2.75, 3.05) is 32.7 Å². The molecule has 5 nitrogen and oxygen atoms in total. The van der Waals surface area contributed by atoms with Gasteiger partial charge in [-0.15, -0.1) is 0 Å². The second-order valence-electron chi connectivity index (χ2n) is 6.15. The maximum absolute atomic E-state index is 11.5. The van der Waals surface area contributed by atoms with Crippen LogP contribution >= 0.6 is 0 Å². The summed E-state index contributed by atoms with van der Waals surface area (Å²) in [4.78, 5) is 15.9. The van der Waals surface area contributed by atoms with Crippen LogP contribution in [0.25, 0.3) is 0 Å². The quantitative estimate of drug-likeness (QED) is 0.718. The fraction of sp³-hybridized carbons (Fsp3) is 0.917. The van der Waals surface area contributed by atoms with E-state index < -0.39 is 0 Å². The summed E-state index contributed by atoms with van der Waals surface area (Å²) >= 11 is 0. The van der Waals surface area contributed by atoms with Gasteiger partial charge in [0.1, 0.15) is 0 Å². The summed E-state index contributed by atoms with van der Waals surface area (Å²) in [6, 6.07) is 0.808. The number of rotatable bonds is 2. The lowest BCUT2D eigenvalue weighted by Crippen LogP contribution is -2.59. The molecular formula is C12H24N4O. The zero-order valence-electron chi connectivity index (χ0n) is 11.1. The largest absolute Gasteiger partial charge is 0.336 e. The number of nitrogens with zero attached hydrogens (tertiary/aromatic N) is 2. The van der Waals surface area contributed by atoms with Gasteiger partial charge >= 0.3 is 6.03 Å². The summed E-state index contributed by atoms with van der Waals surface area (Å²) in [5.74, 6) is 0. The van der Waals surface area contributed by atoms with Crippen molar-refractivity contribution in [3.8, 4) is 0 Å². The van der Waals surface area contributed by atoms with Crippen LogP contribution in [0.3, 0.4) is 0 Å². The number of amides is 2. The number of piperazine rings is 1. The average Bonchev–Trinajstić information content (AvgIpc) is 2.59. The molecule has 0 aliphatic carbocycles. The molecule has 0 bridgehead atoms. The molecule has 0 radical (unpaired) electrons. The van der Waals surface area contributed by atoms with Crippen molar-refractivity contribution in [2.45, 2.75) is 32.9 Å². The summed E-state index contributed by atoms with van der Waals surface area (Å²) in [5.41, 5.74) is 6.10. The number of urea groups is 1. The standard InChI is InChI=1S/C12H24N4O/c1-12(2,3)10(6-13)15-4-5-16-9(8-15)7-14-11(16)17/h9-10H,4-8,13H2,1-3H3,(H,14,17). The van der Waals surface area contributed by atoms with Gasteiger partial charge in [0.15, 0.2) is 0 Å². The molecule has 5 heteroatoms. The minimum absolute atomic E-state index is 0.0923. The van der Waals surface area contributed by atoms with Crippen LogP contribution in [0.1, 0.15) is 20.8 Å². The van der Waals surface area contributed by atoms with Crippen molar-refractivity contribution in [1.29, 1.82) is 0 Å².